The highest BCUT2D eigenvalue weighted by Gasteiger charge is 2.40. The Labute approximate surface area is 101 Å². The number of hydrogen-bond donors (Lipinski definition) is 1. The predicted molar refractivity (Wildman–Crippen MR) is 69.5 cm³/mol. The van der Waals surface area contributed by atoms with Crippen molar-refractivity contribution in [3.63, 3.8) is 0 Å². The van der Waals surface area contributed by atoms with E-state index in [0.717, 1.165) is 12.3 Å². The minimum atomic E-state index is 0.296. The predicted octanol–water partition coefficient (Wildman–Crippen LogP) is 3.76. The smallest absolute Gasteiger partial charge is 0.0436 e. The Morgan fingerprint density at radius 2 is 2.21 bits per heavy atom. The third-order valence-corrected chi connectivity index (χ3v) is 5.13. The van der Waals surface area contributed by atoms with E-state index in [1.165, 1.54) is 12.8 Å². The Bertz CT molecular complexity index is 224. The van der Waals surface area contributed by atoms with Gasteiger partial charge in [-0.05, 0) is 40.6 Å². The van der Waals surface area contributed by atoms with Crippen molar-refractivity contribution >= 4 is 22.6 Å². The summed E-state index contributed by atoms with van der Waals surface area (Å²) in [6, 6.07) is 0. The molecule has 1 rings (SSSR count). The van der Waals surface area contributed by atoms with Gasteiger partial charge in [0.05, 0.1) is 0 Å². The van der Waals surface area contributed by atoms with Crippen molar-refractivity contribution in [2.24, 2.45) is 17.3 Å². The highest BCUT2D eigenvalue weighted by molar-refractivity contribution is 14.1. The molecule has 1 fully saturated rings. The summed E-state index contributed by atoms with van der Waals surface area (Å²) < 4.78 is 2.24. The highest BCUT2D eigenvalue weighted by atomic mass is 127. The van der Waals surface area contributed by atoms with Crippen LogP contribution in [0.15, 0.2) is 9.66 Å². The Hall–Kier alpha value is 0.430. The van der Waals surface area contributed by atoms with Crippen LogP contribution in [0.2, 0.25) is 0 Å². The van der Waals surface area contributed by atoms with Crippen LogP contribution in [0.25, 0.3) is 0 Å². The van der Waals surface area contributed by atoms with Crippen LogP contribution >= 0.6 is 22.6 Å². The van der Waals surface area contributed by atoms with Gasteiger partial charge in [-0.3, -0.25) is 0 Å². The van der Waals surface area contributed by atoms with Crippen LogP contribution in [0.5, 0.6) is 0 Å². The van der Waals surface area contributed by atoms with Gasteiger partial charge in [0, 0.05) is 6.61 Å². The van der Waals surface area contributed by atoms with Gasteiger partial charge in [-0.25, -0.2) is 0 Å². The lowest BCUT2D eigenvalue weighted by molar-refractivity contribution is 0.0644. The Morgan fingerprint density at radius 3 is 2.71 bits per heavy atom. The van der Waals surface area contributed by atoms with E-state index in [0.29, 0.717) is 17.9 Å². The van der Waals surface area contributed by atoms with Crippen molar-refractivity contribution in [3.8, 4) is 0 Å². The fourth-order valence-corrected chi connectivity index (χ4v) is 3.48. The summed E-state index contributed by atoms with van der Waals surface area (Å²) in [6.45, 7) is 7.30. The molecule has 0 aliphatic heterocycles. The van der Waals surface area contributed by atoms with Crippen LogP contribution in [0.3, 0.4) is 0 Å². The zero-order valence-corrected chi connectivity index (χ0v) is 11.5. The van der Waals surface area contributed by atoms with Crippen molar-refractivity contribution in [2.45, 2.75) is 40.0 Å². The largest absolute Gasteiger partial charge is 0.396 e. The van der Waals surface area contributed by atoms with Gasteiger partial charge >= 0.3 is 0 Å². The number of hydrogen-bond acceptors (Lipinski definition) is 1. The minimum Gasteiger partial charge on any atom is -0.396 e. The topological polar surface area (TPSA) is 20.2 Å². The summed E-state index contributed by atoms with van der Waals surface area (Å²) in [7, 11) is 0. The van der Waals surface area contributed by atoms with Crippen LogP contribution in [-0.4, -0.2) is 11.7 Å². The Morgan fingerprint density at radius 1 is 1.57 bits per heavy atom. The normalized spacial score (nSPS) is 41.6. The van der Waals surface area contributed by atoms with Crippen molar-refractivity contribution < 1.29 is 5.11 Å². The summed E-state index contributed by atoms with van der Waals surface area (Å²) in [6.07, 6.45) is 3.45. The number of rotatable bonds is 2. The quantitative estimate of drug-likeness (QED) is 0.770. The second kappa shape index (κ2) is 4.97. The first-order valence-electron chi connectivity index (χ1n) is 5.46. The van der Waals surface area contributed by atoms with Crippen LogP contribution in [0, 0.1) is 17.3 Å². The van der Waals surface area contributed by atoms with Gasteiger partial charge in [0.2, 0.25) is 0 Å². The maximum atomic E-state index is 9.16. The van der Waals surface area contributed by atoms with E-state index in [1.807, 2.05) is 0 Å². The molecule has 0 radical (unpaired) electrons. The van der Waals surface area contributed by atoms with Gasteiger partial charge in [0.1, 0.15) is 0 Å². The van der Waals surface area contributed by atoms with E-state index in [-0.39, 0.29) is 0 Å². The molecule has 0 aromatic rings. The molecule has 3 atom stereocenters. The molecular formula is C12H21IO. The number of allylic oxidation sites excluding steroid dienone is 1. The van der Waals surface area contributed by atoms with Gasteiger partial charge in [-0.15, -0.1) is 0 Å². The van der Waals surface area contributed by atoms with Crippen LogP contribution in [-0.2, 0) is 0 Å². The van der Waals surface area contributed by atoms with Crippen LogP contribution < -0.4 is 0 Å². The third kappa shape index (κ3) is 2.16. The number of aliphatic hydroxyl groups excluding tert-OH is 1. The fraction of sp³-hybridized carbons (Fsp3) is 0.833. The molecule has 2 heteroatoms. The van der Waals surface area contributed by atoms with E-state index in [2.05, 4.69) is 47.4 Å². The molecule has 1 nitrogen and oxygen atoms in total. The van der Waals surface area contributed by atoms with Gasteiger partial charge in [0.15, 0.2) is 0 Å². The molecule has 14 heavy (non-hydrogen) atoms. The molecule has 1 N–H and O–H groups in total. The van der Waals surface area contributed by atoms with E-state index < -0.39 is 0 Å². The molecule has 0 amide bonds. The second-order valence-electron chi connectivity index (χ2n) is 4.82. The molecule has 82 valence electrons. The molecule has 1 saturated carbocycles. The average Bonchev–Trinajstić information content (AvgIpc) is 2.16. The summed E-state index contributed by atoms with van der Waals surface area (Å²) in [5, 5.41) is 9.16. The SMILES string of the molecule is CC1CC/C(=C/I)C(C)C1(C)CCO. The standard InChI is InChI=1S/C12H21IO/c1-9-4-5-11(8-13)10(2)12(9,3)6-7-14/h8-10,14H,4-7H2,1-3H3/b11-8-. The average molecular weight is 308 g/mol. The molecule has 3 unspecified atom stereocenters. The van der Waals surface area contributed by atoms with Crippen molar-refractivity contribution in [2.75, 3.05) is 6.61 Å². The lowest BCUT2D eigenvalue weighted by Gasteiger charge is -2.46. The summed E-state index contributed by atoms with van der Waals surface area (Å²) >= 11 is 2.35. The van der Waals surface area contributed by atoms with Gasteiger partial charge < -0.3 is 5.11 Å². The zero-order valence-electron chi connectivity index (χ0n) is 9.39. The molecule has 0 heterocycles. The molecule has 0 aromatic heterocycles. The minimum absolute atomic E-state index is 0.296. The third-order valence-electron chi connectivity index (χ3n) is 4.33. The van der Waals surface area contributed by atoms with Gasteiger partial charge in [-0.1, -0.05) is 48.9 Å². The fourth-order valence-electron chi connectivity index (χ4n) is 2.63. The summed E-state index contributed by atoms with van der Waals surface area (Å²) in [5.74, 6) is 1.35. The maximum Gasteiger partial charge on any atom is 0.0436 e. The van der Waals surface area contributed by atoms with Crippen LogP contribution in [0.4, 0.5) is 0 Å². The molecule has 1 aliphatic rings. The molecule has 1 aliphatic carbocycles. The first-order chi connectivity index (χ1) is 6.56. The van der Waals surface area contributed by atoms with Crippen molar-refractivity contribution in [1.29, 1.82) is 0 Å². The first-order valence-corrected chi connectivity index (χ1v) is 6.70. The van der Waals surface area contributed by atoms with Crippen molar-refractivity contribution in [3.05, 3.63) is 9.66 Å². The summed E-state index contributed by atoms with van der Waals surface area (Å²) in [5.41, 5.74) is 1.86. The monoisotopic (exact) mass is 308 g/mol. The maximum absolute atomic E-state index is 9.16. The molecule has 0 saturated heterocycles. The highest BCUT2D eigenvalue weighted by Crippen LogP contribution is 2.49. The number of aliphatic hydroxyl groups is 1. The molecule has 0 aromatic carbocycles. The van der Waals surface area contributed by atoms with Gasteiger partial charge in [-0.2, -0.15) is 0 Å². The lowest BCUT2D eigenvalue weighted by Crippen LogP contribution is -2.38. The van der Waals surface area contributed by atoms with E-state index in [9.17, 15) is 0 Å². The van der Waals surface area contributed by atoms with E-state index in [4.69, 9.17) is 5.11 Å². The molecule has 0 bridgehead atoms. The van der Waals surface area contributed by atoms with E-state index in [1.54, 1.807) is 5.57 Å². The first kappa shape index (κ1) is 12.5. The van der Waals surface area contributed by atoms with Crippen molar-refractivity contribution in [1.82, 2.24) is 0 Å². The Balaban J connectivity index is 2.88. The lowest BCUT2D eigenvalue weighted by atomic mass is 9.59. The molecular weight excluding hydrogens is 287 g/mol. The summed E-state index contributed by atoms with van der Waals surface area (Å²) in [4.78, 5) is 0. The van der Waals surface area contributed by atoms with Gasteiger partial charge in [0.25, 0.3) is 0 Å². The van der Waals surface area contributed by atoms with Crippen LogP contribution in [0.1, 0.15) is 40.0 Å². The van der Waals surface area contributed by atoms with E-state index >= 15 is 0 Å². The number of halogens is 1. The Kier molecular flexibility index (Phi) is 4.44. The molecule has 0 spiro atoms. The second-order valence-corrected chi connectivity index (χ2v) is 5.45. The zero-order chi connectivity index (χ0) is 10.8.